The molecule has 1 aromatic heterocycles. The molecule has 1 aliphatic rings. The van der Waals surface area contributed by atoms with Crippen molar-refractivity contribution >= 4 is 17.2 Å². The largest absolute Gasteiger partial charge is 0.376 e. The minimum absolute atomic E-state index is 0.281. The molecule has 1 aromatic carbocycles. The summed E-state index contributed by atoms with van der Waals surface area (Å²) in [5.41, 5.74) is 0.840. The van der Waals surface area contributed by atoms with Gasteiger partial charge >= 0.3 is 0 Å². The molecule has 0 spiro atoms. The fourth-order valence-corrected chi connectivity index (χ4v) is 3.33. The molecular formula is C16H19N3OS. The second-order valence-electron chi connectivity index (χ2n) is 5.24. The van der Waals surface area contributed by atoms with Crippen LogP contribution in [0.25, 0.3) is 0 Å². The summed E-state index contributed by atoms with van der Waals surface area (Å²) in [6, 6.07) is 9.64. The van der Waals surface area contributed by atoms with Crippen LogP contribution >= 0.6 is 11.3 Å². The summed E-state index contributed by atoms with van der Waals surface area (Å²) in [7, 11) is 0. The van der Waals surface area contributed by atoms with E-state index in [1.165, 1.54) is 4.88 Å². The summed E-state index contributed by atoms with van der Waals surface area (Å²) in [6.45, 7) is 3.76. The highest BCUT2D eigenvalue weighted by molar-refractivity contribution is 7.09. The Labute approximate surface area is 128 Å². The molecule has 1 saturated heterocycles. The monoisotopic (exact) mass is 301 g/mol. The minimum Gasteiger partial charge on any atom is -0.376 e. The van der Waals surface area contributed by atoms with Crippen LogP contribution in [0, 0.1) is 12.3 Å². The van der Waals surface area contributed by atoms with Gasteiger partial charge in [-0.2, -0.15) is 0 Å². The molecule has 21 heavy (non-hydrogen) atoms. The molecule has 0 amide bonds. The van der Waals surface area contributed by atoms with Crippen molar-refractivity contribution < 1.29 is 4.74 Å². The number of thiazole rings is 1. The average Bonchev–Trinajstić information content (AvgIpc) is 3.11. The topological polar surface area (TPSA) is 50.4 Å². The van der Waals surface area contributed by atoms with Crippen LogP contribution in [0.4, 0.5) is 0 Å². The zero-order chi connectivity index (χ0) is 14.7. The summed E-state index contributed by atoms with van der Waals surface area (Å²) in [5.74, 6) is 0.304. The number of amidine groups is 1. The van der Waals surface area contributed by atoms with Crippen molar-refractivity contribution in [3.8, 4) is 0 Å². The molecule has 0 unspecified atom stereocenters. The number of nitrogens with zero attached hydrogens (tertiary/aromatic N) is 2. The summed E-state index contributed by atoms with van der Waals surface area (Å²) < 4.78 is 7.82. The molecule has 0 radical (unpaired) electrons. The number of aryl methyl sites for hydroxylation is 1. The second kappa shape index (κ2) is 6.37. The fourth-order valence-electron chi connectivity index (χ4n) is 2.49. The normalized spacial score (nSPS) is 19.1. The molecule has 110 valence electrons. The highest BCUT2D eigenvalue weighted by Gasteiger charge is 2.16. The first-order valence-electron chi connectivity index (χ1n) is 7.19. The molecule has 0 aliphatic carbocycles. The smallest absolute Gasteiger partial charge is 0.191 e. The van der Waals surface area contributed by atoms with E-state index in [1.807, 2.05) is 30.3 Å². The Kier molecular flexibility index (Phi) is 4.31. The maximum absolute atomic E-state index is 8.15. The van der Waals surface area contributed by atoms with Crippen LogP contribution in [0.3, 0.4) is 0 Å². The number of benzene rings is 1. The zero-order valence-corrected chi connectivity index (χ0v) is 12.9. The first-order chi connectivity index (χ1) is 10.2. The fraction of sp³-hybridized carbons (Fsp3) is 0.375. The van der Waals surface area contributed by atoms with Gasteiger partial charge in [0, 0.05) is 23.2 Å². The van der Waals surface area contributed by atoms with E-state index in [4.69, 9.17) is 10.1 Å². The van der Waals surface area contributed by atoms with Gasteiger partial charge in [-0.25, -0.2) is 4.99 Å². The minimum atomic E-state index is 0.281. The second-order valence-corrected chi connectivity index (χ2v) is 6.45. The van der Waals surface area contributed by atoms with Crippen molar-refractivity contribution in [3.63, 3.8) is 0 Å². The van der Waals surface area contributed by atoms with Crippen LogP contribution in [-0.2, 0) is 11.3 Å². The Morgan fingerprint density at radius 3 is 2.95 bits per heavy atom. The van der Waals surface area contributed by atoms with E-state index in [-0.39, 0.29) is 6.10 Å². The van der Waals surface area contributed by atoms with E-state index in [0.29, 0.717) is 5.84 Å². The molecule has 2 aromatic rings. The third-order valence-corrected chi connectivity index (χ3v) is 4.45. The van der Waals surface area contributed by atoms with Gasteiger partial charge in [0.05, 0.1) is 12.6 Å². The van der Waals surface area contributed by atoms with E-state index in [2.05, 4.69) is 22.7 Å². The highest BCUT2D eigenvalue weighted by atomic mass is 32.1. The van der Waals surface area contributed by atoms with Gasteiger partial charge in [-0.15, -0.1) is 11.3 Å². The molecule has 1 N–H and O–H groups in total. The number of hydrogen-bond donors (Lipinski definition) is 1. The predicted molar refractivity (Wildman–Crippen MR) is 84.9 cm³/mol. The maximum Gasteiger partial charge on any atom is 0.191 e. The van der Waals surface area contributed by atoms with Crippen LogP contribution in [0.15, 0.2) is 41.5 Å². The van der Waals surface area contributed by atoms with E-state index < -0.39 is 0 Å². The number of ether oxygens (including phenoxy) is 1. The van der Waals surface area contributed by atoms with Gasteiger partial charge in [-0.1, -0.05) is 30.3 Å². The molecule has 0 bridgehead atoms. The Hall–Kier alpha value is -1.72. The zero-order valence-electron chi connectivity index (χ0n) is 12.1. The van der Waals surface area contributed by atoms with Crippen LogP contribution in [0.2, 0.25) is 0 Å². The molecule has 0 saturated carbocycles. The molecular weight excluding hydrogens is 282 g/mol. The van der Waals surface area contributed by atoms with Gasteiger partial charge in [0.2, 0.25) is 0 Å². The lowest BCUT2D eigenvalue weighted by molar-refractivity contribution is 0.0964. The summed E-state index contributed by atoms with van der Waals surface area (Å²) in [4.78, 5) is 6.57. The first kappa shape index (κ1) is 14.2. The average molecular weight is 301 g/mol. The Morgan fingerprint density at radius 2 is 2.24 bits per heavy atom. The summed E-state index contributed by atoms with van der Waals surface area (Å²) in [5, 5.41) is 8.15. The number of rotatable bonds is 3. The van der Waals surface area contributed by atoms with E-state index in [1.54, 1.807) is 11.3 Å². The lowest BCUT2D eigenvalue weighted by Gasteiger charge is -2.10. The molecule has 5 heteroatoms. The molecule has 3 rings (SSSR count). The molecule has 2 heterocycles. The summed E-state index contributed by atoms with van der Waals surface area (Å²) >= 11 is 1.62. The van der Waals surface area contributed by atoms with Crippen molar-refractivity contribution in [1.29, 1.82) is 5.41 Å². The van der Waals surface area contributed by atoms with Crippen molar-refractivity contribution in [2.45, 2.75) is 32.4 Å². The molecule has 4 nitrogen and oxygen atoms in total. The first-order valence-corrected chi connectivity index (χ1v) is 8.01. The van der Waals surface area contributed by atoms with Gasteiger partial charge in [-0.3, -0.25) is 5.41 Å². The highest BCUT2D eigenvalue weighted by Crippen LogP contribution is 2.14. The lowest BCUT2D eigenvalue weighted by atomic mass is 10.2. The molecule has 1 aliphatic heterocycles. The van der Waals surface area contributed by atoms with Crippen LogP contribution in [0.5, 0.6) is 0 Å². The predicted octanol–water partition coefficient (Wildman–Crippen LogP) is 2.96. The van der Waals surface area contributed by atoms with Gasteiger partial charge in [0.15, 0.2) is 10.6 Å². The van der Waals surface area contributed by atoms with E-state index >= 15 is 0 Å². The van der Waals surface area contributed by atoms with Crippen molar-refractivity contribution in [1.82, 2.24) is 4.57 Å². The van der Waals surface area contributed by atoms with E-state index in [0.717, 1.165) is 36.4 Å². The van der Waals surface area contributed by atoms with Gasteiger partial charge in [0.1, 0.15) is 0 Å². The Balaban J connectivity index is 1.87. The van der Waals surface area contributed by atoms with Gasteiger partial charge < -0.3 is 9.30 Å². The van der Waals surface area contributed by atoms with Crippen molar-refractivity contribution in [2.24, 2.45) is 4.99 Å². The SMILES string of the molecule is Cc1cn(C[C@H]2CCCO2)c(=NC(=N)c2ccccc2)s1. The van der Waals surface area contributed by atoms with E-state index in [9.17, 15) is 0 Å². The third kappa shape index (κ3) is 3.49. The standard InChI is InChI=1S/C16H19N3OS/c1-12-10-19(11-14-8-5-9-20-14)16(21-12)18-15(17)13-6-3-2-4-7-13/h2-4,6-7,10,14,17H,5,8-9,11H2,1H3/t14-/m1/s1. The lowest BCUT2D eigenvalue weighted by Crippen LogP contribution is -2.23. The van der Waals surface area contributed by atoms with Crippen LogP contribution in [-0.4, -0.2) is 23.1 Å². The van der Waals surface area contributed by atoms with Crippen LogP contribution < -0.4 is 4.80 Å². The number of hydrogen-bond acceptors (Lipinski definition) is 3. The quantitative estimate of drug-likeness (QED) is 0.687. The summed E-state index contributed by atoms with van der Waals surface area (Å²) in [6.07, 6.45) is 4.63. The van der Waals surface area contributed by atoms with Crippen molar-refractivity contribution in [3.05, 3.63) is 51.8 Å². The molecule has 1 fully saturated rings. The third-order valence-electron chi connectivity index (χ3n) is 3.51. The number of nitrogens with one attached hydrogen (secondary N) is 1. The van der Waals surface area contributed by atoms with Gasteiger partial charge in [0.25, 0.3) is 0 Å². The molecule has 1 atom stereocenters. The Morgan fingerprint density at radius 1 is 1.43 bits per heavy atom. The number of aromatic nitrogens is 1. The van der Waals surface area contributed by atoms with Crippen LogP contribution in [0.1, 0.15) is 23.3 Å². The van der Waals surface area contributed by atoms with Gasteiger partial charge in [-0.05, 0) is 19.8 Å². The Bertz CT molecular complexity index is 681. The van der Waals surface area contributed by atoms with Crippen molar-refractivity contribution in [2.75, 3.05) is 6.61 Å². The maximum atomic E-state index is 8.15.